The minimum absolute atomic E-state index is 0.0920. The second-order valence-electron chi connectivity index (χ2n) is 7.76. The second kappa shape index (κ2) is 8.28. The molecule has 0 bridgehead atoms. The van der Waals surface area contributed by atoms with Crippen molar-refractivity contribution in [3.63, 3.8) is 0 Å². The lowest BCUT2D eigenvalue weighted by atomic mass is 9.67. The van der Waals surface area contributed by atoms with Crippen molar-refractivity contribution in [1.82, 2.24) is 0 Å². The van der Waals surface area contributed by atoms with Gasteiger partial charge in [-0.3, -0.25) is 19.2 Å². The first-order valence-corrected chi connectivity index (χ1v) is 9.76. The molecule has 0 aromatic heterocycles. The van der Waals surface area contributed by atoms with E-state index in [9.17, 15) is 19.2 Å². The maximum Gasteiger partial charge on any atom is 0.317 e. The molecule has 2 rings (SSSR count). The number of fused-ring (bicyclic) bond motifs is 1. The summed E-state index contributed by atoms with van der Waals surface area (Å²) in [6, 6.07) is 0. The molecule has 5 heteroatoms. The van der Waals surface area contributed by atoms with E-state index in [1.54, 1.807) is 13.8 Å². The number of ketones is 3. The first kappa shape index (κ1) is 20.5. The van der Waals surface area contributed by atoms with Crippen LogP contribution in [0, 0.1) is 11.8 Å². The van der Waals surface area contributed by atoms with Crippen LogP contribution in [0.25, 0.3) is 0 Å². The van der Waals surface area contributed by atoms with Gasteiger partial charge in [-0.1, -0.05) is 32.3 Å². The minimum Gasteiger partial charge on any atom is -0.450 e. The van der Waals surface area contributed by atoms with E-state index in [0.29, 0.717) is 24.8 Å². The predicted molar refractivity (Wildman–Crippen MR) is 97.5 cm³/mol. The fourth-order valence-corrected chi connectivity index (χ4v) is 4.18. The predicted octanol–water partition coefficient (Wildman–Crippen LogP) is 3.73. The Morgan fingerprint density at radius 1 is 1.12 bits per heavy atom. The number of carbonyl (C=O) groups is 4. The van der Waals surface area contributed by atoms with Gasteiger partial charge in [0, 0.05) is 25.2 Å². The van der Waals surface area contributed by atoms with Crippen molar-refractivity contribution in [2.24, 2.45) is 11.8 Å². The fourth-order valence-electron chi connectivity index (χ4n) is 4.18. The molecule has 1 fully saturated rings. The van der Waals surface area contributed by atoms with Gasteiger partial charge < -0.3 is 4.74 Å². The van der Waals surface area contributed by atoms with Crippen molar-refractivity contribution in [1.29, 1.82) is 0 Å². The van der Waals surface area contributed by atoms with Crippen LogP contribution in [0.5, 0.6) is 0 Å². The number of Topliss-reactive ketones (excluding diaryl/α,β-unsaturated/α-hetero) is 3. The second-order valence-corrected chi connectivity index (χ2v) is 7.76. The van der Waals surface area contributed by atoms with E-state index in [1.165, 1.54) is 0 Å². The van der Waals surface area contributed by atoms with Crippen molar-refractivity contribution in [2.45, 2.75) is 84.7 Å². The standard InChI is InChI=1S/C21H30O5/c1-5-7-8-10-17(23)18-16-12-14(11-15(22)9-6-2)13(3)19(24)21(16,4)26-20(18)25/h16,18H,5-12H2,1-4H3/t16-,18+,21-/m1/s1. The summed E-state index contributed by atoms with van der Waals surface area (Å²) in [5.74, 6) is -2.26. The van der Waals surface area contributed by atoms with Crippen LogP contribution in [-0.4, -0.2) is 28.9 Å². The van der Waals surface area contributed by atoms with Crippen LogP contribution in [0.3, 0.4) is 0 Å². The van der Waals surface area contributed by atoms with Crippen molar-refractivity contribution in [3.05, 3.63) is 11.1 Å². The first-order valence-electron chi connectivity index (χ1n) is 9.76. The highest BCUT2D eigenvalue weighted by Gasteiger charge is 2.61. The number of unbranched alkanes of at least 4 members (excludes halogenated alkanes) is 2. The van der Waals surface area contributed by atoms with Crippen LogP contribution in [0.1, 0.15) is 79.1 Å². The number of hydrogen-bond donors (Lipinski definition) is 0. The van der Waals surface area contributed by atoms with Crippen LogP contribution in [0.15, 0.2) is 11.1 Å². The molecule has 1 heterocycles. The first-order chi connectivity index (χ1) is 12.3. The third kappa shape index (κ3) is 3.81. The molecule has 0 amide bonds. The van der Waals surface area contributed by atoms with Crippen molar-refractivity contribution in [2.75, 3.05) is 0 Å². The van der Waals surface area contributed by atoms with Crippen molar-refractivity contribution >= 4 is 23.3 Å². The minimum atomic E-state index is -1.27. The Kier molecular flexibility index (Phi) is 6.53. The molecule has 0 aromatic rings. The Balaban J connectivity index is 2.25. The van der Waals surface area contributed by atoms with Crippen LogP contribution in [0.2, 0.25) is 0 Å². The molecule has 26 heavy (non-hydrogen) atoms. The van der Waals surface area contributed by atoms with Gasteiger partial charge in [0.15, 0.2) is 5.60 Å². The molecule has 3 atom stereocenters. The number of esters is 1. The maximum atomic E-state index is 12.9. The van der Waals surface area contributed by atoms with Gasteiger partial charge in [0.05, 0.1) is 0 Å². The highest BCUT2D eigenvalue weighted by atomic mass is 16.6. The molecule has 0 radical (unpaired) electrons. The lowest BCUT2D eigenvalue weighted by Crippen LogP contribution is -2.47. The molecule has 0 aromatic carbocycles. The lowest BCUT2D eigenvalue weighted by molar-refractivity contribution is -0.157. The van der Waals surface area contributed by atoms with Gasteiger partial charge in [-0.05, 0) is 38.7 Å². The number of carbonyl (C=O) groups excluding carboxylic acids is 4. The zero-order valence-corrected chi connectivity index (χ0v) is 16.4. The van der Waals surface area contributed by atoms with Crippen LogP contribution in [0.4, 0.5) is 0 Å². The number of hydrogen-bond acceptors (Lipinski definition) is 5. The molecule has 0 saturated carbocycles. The van der Waals surface area contributed by atoms with Crippen LogP contribution < -0.4 is 0 Å². The SMILES string of the molecule is CCCCCC(=O)[C@H]1C(=O)O[C@@]2(C)C(=O)C(C)=C(CC(=O)CCC)C[C@H]12. The lowest BCUT2D eigenvalue weighted by Gasteiger charge is -2.35. The quantitative estimate of drug-likeness (QED) is 0.355. The summed E-state index contributed by atoms with van der Waals surface area (Å²) in [6.45, 7) is 7.31. The molecular weight excluding hydrogens is 332 g/mol. The monoisotopic (exact) mass is 362 g/mol. The van der Waals surface area contributed by atoms with E-state index in [0.717, 1.165) is 31.3 Å². The average Bonchev–Trinajstić information content (AvgIpc) is 2.84. The van der Waals surface area contributed by atoms with Crippen molar-refractivity contribution in [3.8, 4) is 0 Å². The summed E-state index contributed by atoms with van der Waals surface area (Å²) in [6.07, 6.45) is 4.87. The topological polar surface area (TPSA) is 77.5 Å². The van der Waals surface area contributed by atoms with Crippen molar-refractivity contribution < 1.29 is 23.9 Å². The number of rotatable bonds is 9. The Labute approximate surface area is 155 Å². The van der Waals surface area contributed by atoms with Gasteiger partial charge >= 0.3 is 5.97 Å². The van der Waals surface area contributed by atoms with Gasteiger partial charge in [0.25, 0.3) is 0 Å². The molecule has 1 aliphatic carbocycles. The number of ether oxygens (including phenoxy) is 1. The maximum absolute atomic E-state index is 12.9. The molecule has 1 saturated heterocycles. The summed E-state index contributed by atoms with van der Waals surface area (Å²) in [7, 11) is 0. The van der Waals surface area contributed by atoms with Gasteiger partial charge in [-0.15, -0.1) is 0 Å². The summed E-state index contributed by atoms with van der Waals surface area (Å²) in [4.78, 5) is 50.0. The van der Waals surface area contributed by atoms with Gasteiger partial charge in [0.2, 0.25) is 5.78 Å². The Bertz CT molecular complexity index is 645. The van der Waals surface area contributed by atoms with E-state index in [1.807, 2.05) is 6.92 Å². The van der Waals surface area contributed by atoms with Crippen LogP contribution >= 0.6 is 0 Å². The fraction of sp³-hybridized carbons (Fsp3) is 0.714. The molecule has 144 valence electrons. The average molecular weight is 362 g/mol. The van der Waals surface area contributed by atoms with E-state index >= 15 is 0 Å². The normalized spacial score (nSPS) is 28.2. The smallest absolute Gasteiger partial charge is 0.317 e. The third-order valence-corrected chi connectivity index (χ3v) is 5.78. The van der Waals surface area contributed by atoms with Gasteiger partial charge in [-0.25, -0.2) is 0 Å². The highest BCUT2D eigenvalue weighted by molar-refractivity contribution is 6.10. The van der Waals surface area contributed by atoms with E-state index in [4.69, 9.17) is 4.74 Å². The highest BCUT2D eigenvalue weighted by Crippen LogP contribution is 2.48. The largest absolute Gasteiger partial charge is 0.450 e. The molecule has 0 unspecified atom stereocenters. The molecule has 5 nitrogen and oxygen atoms in total. The van der Waals surface area contributed by atoms with Crippen LogP contribution in [-0.2, 0) is 23.9 Å². The summed E-state index contributed by atoms with van der Waals surface area (Å²) in [5.41, 5.74) is 0.00414. The van der Waals surface area contributed by atoms with E-state index in [-0.39, 0.29) is 23.8 Å². The Morgan fingerprint density at radius 3 is 2.42 bits per heavy atom. The van der Waals surface area contributed by atoms with Gasteiger partial charge in [-0.2, -0.15) is 0 Å². The molecule has 0 N–H and O–H groups in total. The molecule has 1 aliphatic heterocycles. The Morgan fingerprint density at radius 2 is 1.81 bits per heavy atom. The van der Waals surface area contributed by atoms with Gasteiger partial charge in [0.1, 0.15) is 17.5 Å². The molecule has 0 spiro atoms. The molecular formula is C21H30O5. The summed E-state index contributed by atoms with van der Waals surface area (Å²) >= 11 is 0. The Hall–Kier alpha value is -1.78. The third-order valence-electron chi connectivity index (χ3n) is 5.78. The molecule has 2 aliphatic rings. The number of allylic oxidation sites excluding steroid dienone is 1. The van der Waals surface area contributed by atoms with E-state index < -0.39 is 23.4 Å². The zero-order valence-electron chi connectivity index (χ0n) is 16.4. The summed E-state index contributed by atoms with van der Waals surface area (Å²) < 4.78 is 5.45. The van der Waals surface area contributed by atoms with E-state index in [2.05, 4.69) is 6.92 Å². The summed E-state index contributed by atoms with van der Waals surface area (Å²) in [5, 5.41) is 0. The zero-order chi connectivity index (χ0) is 19.5.